The van der Waals surface area contributed by atoms with E-state index in [2.05, 4.69) is 38.6 Å². The molecule has 1 saturated carbocycles. The average Bonchev–Trinajstić information content (AvgIpc) is 3.41. The van der Waals surface area contributed by atoms with Crippen LogP contribution in [0.15, 0.2) is 65.5 Å². The van der Waals surface area contributed by atoms with Crippen LogP contribution in [0.4, 0.5) is 15.8 Å². The molecular formula is C32H33FN8O2. The van der Waals surface area contributed by atoms with Crippen molar-refractivity contribution < 1.29 is 13.9 Å². The number of amides is 1. The summed E-state index contributed by atoms with van der Waals surface area (Å²) in [5.74, 6) is 1.18. The van der Waals surface area contributed by atoms with E-state index in [1.54, 1.807) is 44.7 Å². The number of hydrogen-bond acceptors (Lipinski definition) is 7. The predicted molar refractivity (Wildman–Crippen MR) is 165 cm³/mol. The zero-order valence-electron chi connectivity index (χ0n) is 24.4. The van der Waals surface area contributed by atoms with E-state index in [4.69, 9.17) is 9.72 Å². The van der Waals surface area contributed by atoms with Crippen LogP contribution in [0.2, 0.25) is 0 Å². The predicted octanol–water partition coefficient (Wildman–Crippen LogP) is 5.70. The minimum absolute atomic E-state index is 0.0164. The van der Waals surface area contributed by atoms with Gasteiger partial charge in [0.25, 0.3) is 0 Å². The van der Waals surface area contributed by atoms with Crippen LogP contribution in [-0.2, 0) is 11.8 Å². The van der Waals surface area contributed by atoms with Crippen molar-refractivity contribution in [1.82, 2.24) is 24.4 Å². The summed E-state index contributed by atoms with van der Waals surface area (Å²) in [5, 5.41) is 3.12. The molecule has 4 aromatic rings. The number of halogens is 1. The highest BCUT2D eigenvalue weighted by Crippen LogP contribution is 2.45. The molecule has 7 rings (SSSR count). The Balaban J connectivity index is 1.24. The van der Waals surface area contributed by atoms with E-state index in [-0.39, 0.29) is 23.6 Å². The number of benzene rings is 1. The second kappa shape index (κ2) is 11.4. The molecule has 3 aromatic heterocycles. The van der Waals surface area contributed by atoms with Crippen LogP contribution in [0.25, 0.3) is 11.2 Å². The summed E-state index contributed by atoms with van der Waals surface area (Å²) in [6.45, 7) is 9.71. The van der Waals surface area contributed by atoms with Gasteiger partial charge in [-0.1, -0.05) is 6.58 Å². The van der Waals surface area contributed by atoms with Crippen LogP contribution in [0.3, 0.4) is 0 Å². The number of nitrogens with zero attached hydrogens (tertiary/aromatic N) is 7. The molecule has 220 valence electrons. The Kier molecular flexibility index (Phi) is 7.47. The molecule has 3 aliphatic rings. The monoisotopic (exact) mass is 580 g/mol. The van der Waals surface area contributed by atoms with Gasteiger partial charge in [0.1, 0.15) is 22.7 Å². The number of fused-ring (bicyclic) bond motifs is 4. The van der Waals surface area contributed by atoms with Gasteiger partial charge in [-0.2, -0.15) is 0 Å². The van der Waals surface area contributed by atoms with Gasteiger partial charge in [0, 0.05) is 49.9 Å². The quantitative estimate of drug-likeness (QED) is 0.171. The standard InChI is InChI=1S/C32H33FN8O2/c1-6-28(42)41-16-19-7-8-20(41)13-22(19)23-9-10-25(34-3)30(38-23)31(35-4)39-24-11-12-27(18(2)29(24)33)43-21-14-26-32(36-15-21)40(5)17-37-26/h6,9-12,14-15,17,19-20,22H,1,3,7-8,13,16H2,2,4-5H3,(H,35,39)/t19-,20-,22+/m1/s1. The van der Waals surface area contributed by atoms with Crippen LogP contribution < -0.4 is 10.1 Å². The number of nitrogens with one attached hydrogen (secondary N) is 1. The molecule has 1 amide bonds. The van der Waals surface area contributed by atoms with Gasteiger partial charge in [-0.25, -0.2) is 19.3 Å². The second-order valence-electron chi connectivity index (χ2n) is 11.0. The number of amidine groups is 1. The maximum Gasteiger partial charge on any atom is 0.246 e. The lowest BCUT2D eigenvalue weighted by molar-refractivity contribution is -0.134. The van der Waals surface area contributed by atoms with Crippen LogP contribution in [0.5, 0.6) is 11.5 Å². The van der Waals surface area contributed by atoms with Crippen molar-refractivity contribution in [3.63, 3.8) is 0 Å². The maximum absolute atomic E-state index is 15.7. The molecule has 1 aromatic carbocycles. The molecule has 5 heterocycles. The number of imidazole rings is 1. The minimum atomic E-state index is -0.480. The highest BCUT2D eigenvalue weighted by atomic mass is 19.1. The molecule has 10 nitrogen and oxygen atoms in total. The van der Waals surface area contributed by atoms with E-state index >= 15 is 4.39 Å². The molecule has 1 aliphatic carbocycles. The van der Waals surface area contributed by atoms with Crippen molar-refractivity contribution >= 4 is 41.0 Å². The Morgan fingerprint density at radius 2 is 2.07 bits per heavy atom. The van der Waals surface area contributed by atoms with Gasteiger partial charge in [0.15, 0.2) is 17.3 Å². The number of piperidine rings is 2. The topological polar surface area (TPSA) is 110 Å². The van der Waals surface area contributed by atoms with Crippen molar-refractivity contribution in [3.05, 3.63) is 78.3 Å². The Bertz CT molecular complexity index is 1780. The summed E-state index contributed by atoms with van der Waals surface area (Å²) in [6.07, 6.45) is 7.51. The summed E-state index contributed by atoms with van der Waals surface area (Å²) in [6, 6.07) is 9.08. The number of aryl methyl sites for hydroxylation is 1. The fourth-order valence-electron chi connectivity index (χ4n) is 6.24. The molecule has 2 saturated heterocycles. The van der Waals surface area contributed by atoms with E-state index in [1.807, 2.05) is 28.6 Å². The first kappa shape index (κ1) is 28.2. The largest absolute Gasteiger partial charge is 0.455 e. The third-order valence-electron chi connectivity index (χ3n) is 8.53. The zero-order valence-corrected chi connectivity index (χ0v) is 24.4. The summed E-state index contributed by atoms with van der Waals surface area (Å²) >= 11 is 0. The van der Waals surface area contributed by atoms with Gasteiger partial charge in [0.2, 0.25) is 5.91 Å². The van der Waals surface area contributed by atoms with Crippen molar-refractivity contribution in [3.8, 4) is 11.5 Å². The van der Waals surface area contributed by atoms with Gasteiger partial charge in [0.05, 0.1) is 23.9 Å². The molecule has 2 bridgehead atoms. The molecule has 0 unspecified atom stereocenters. The number of ether oxygens (including phenoxy) is 1. The van der Waals surface area contributed by atoms with Crippen LogP contribution >= 0.6 is 0 Å². The number of pyridine rings is 2. The van der Waals surface area contributed by atoms with E-state index < -0.39 is 5.82 Å². The number of anilines is 1. The molecule has 1 N–H and O–H groups in total. The first-order chi connectivity index (χ1) is 20.8. The van der Waals surface area contributed by atoms with Gasteiger partial charge in [-0.05, 0) is 69.2 Å². The number of aromatic nitrogens is 4. The Morgan fingerprint density at radius 1 is 1.23 bits per heavy atom. The lowest BCUT2D eigenvalue weighted by Gasteiger charge is -2.49. The number of hydrogen-bond donors (Lipinski definition) is 1. The average molecular weight is 581 g/mol. The van der Waals surface area contributed by atoms with E-state index in [1.165, 1.54) is 6.08 Å². The first-order valence-electron chi connectivity index (χ1n) is 14.2. The number of carbonyl (C=O) groups excluding carboxylic acids is 1. The Hall–Kier alpha value is -4.93. The highest BCUT2D eigenvalue weighted by Gasteiger charge is 2.43. The van der Waals surface area contributed by atoms with Gasteiger partial charge >= 0.3 is 0 Å². The van der Waals surface area contributed by atoms with Crippen molar-refractivity contribution in [2.24, 2.45) is 23.0 Å². The van der Waals surface area contributed by atoms with E-state index in [0.29, 0.717) is 52.3 Å². The number of aliphatic imine (C=N–C) groups is 2. The third-order valence-corrected chi connectivity index (χ3v) is 8.53. The van der Waals surface area contributed by atoms with Crippen LogP contribution in [0, 0.1) is 18.7 Å². The van der Waals surface area contributed by atoms with Crippen molar-refractivity contribution in [1.29, 1.82) is 0 Å². The summed E-state index contributed by atoms with van der Waals surface area (Å²) < 4.78 is 23.5. The highest BCUT2D eigenvalue weighted by molar-refractivity contribution is 6.10. The fourth-order valence-corrected chi connectivity index (χ4v) is 6.24. The lowest BCUT2D eigenvalue weighted by atomic mass is 9.70. The zero-order chi connectivity index (χ0) is 30.2. The summed E-state index contributed by atoms with van der Waals surface area (Å²) in [5.41, 5.74) is 3.89. The van der Waals surface area contributed by atoms with Crippen LogP contribution in [0.1, 0.15) is 42.1 Å². The molecule has 11 heteroatoms. The Morgan fingerprint density at radius 3 is 2.79 bits per heavy atom. The minimum Gasteiger partial charge on any atom is -0.455 e. The number of carbonyl (C=O) groups is 1. The molecule has 0 spiro atoms. The lowest BCUT2D eigenvalue weighted by Crippen LogP contribution is -2.53. The van der Waals surface area contributed by atoms with Gasteiger partial charge in [-0.3, -0.25) is 14.8 Å². The SMILES string of the molecule is C=CC(=O)N1C[C@H]2CC[C@@H]1C[C@@H]2c1ccc(N=C)c(/C(=N\C)Nc2ccc(Oc3cnc4c(c3)ncn4C)c(C)c2F)n1. The van der Waals surface area contributed by atoms with Crippen LogP contribution in [-0.4, -0.2) is 62.5 Å². The molecule has 43 heavy (non-hydrogen) atoms. The first-order valence-corrected chi connectivity index (χ1v) is 14.2. The fraction of sp³-hybridized carbons (Fsp3) is 0.312. The van der Waals surface area contributed by atoms with Crippen molar-refractivity contribution in [2.45, 2.75) is 38.1 Å². The third kappa shape index (κ3) is 5.15. The smallest absolute Gasteiger partial charge is 0.246 e. The van der Waals surface area contributed by atoms with E-state index in [0.717, 1.165) is 30.6 Å². The van der Waals surface area contributed by atoms with E-state index in [9.17, 15) is 4.79 Å². The molecule has 0 radical (unpaired) electrons. The summed E-state index contributed by atoms with van der Waals surface area (Å²) in [4.78, 5) is 36.5. The normalized spacial score (nSPS) is 19.9. The molecule has 3 fully saturated rings. The molecule has 2 aliphatic heterocycles. The van der Waals surface area contributed by atoms with Gasteiger partial charge < -0.3 is 19.5 Å². The van der Waals surface area contributed by atoms with Gasteiger partial charge in [-0.15, -0.1) is 0 Å². The Labute approximate surface area is 249 Å². The molecule has 3 atom stereocenters. The second-order valence-corrected chi connectivity index (χ2v) is 11.0. The maximum atomic E-state index is 15.7. The molecular weight excluding hydrogens is 547 g/mol. The number of rotatable bonds is 7. The van der Waals surface area contributed by atoms with Crippen molar-refractivity contribution in [2.75, 3.05) is 18.9 Å². The summed E-state index contributed by atoms with van der Waals surface area (Å²) in [7, 11) is 3.48.